The molecule has 1 heterocycles. The van der Waals surface area contributed by atoms with Gasteiger partial charge >= 0.3 is 6.09 Å². The van der Waals surface area contributed by atoms with Gasteiger partial charge in [0.15, 0.2) is 5.78 Å². The highest BCUT2D eigenvalue weighted by molar-refractivity contribution is 5.96. The van der Waals surface area contributed by atoms with Crippen molar-refractivity contribution in [1.82, 2.24) is 5.32 Å². The van der Waals surface area contributed by atoms with Gasteiger partial charge in [0, 0.05) is 0 Å². The SMILES string of the molecule is CC(C)(C)OC(=O)NC(CC1=CCCC1)C(=O)[C@@]1(C)CO1. The summed E-state index contributed by atoms with van der Waals surface area (Å²) in [7, 11) is 0. The first-order valence-corrected chi connectivity index (χ1v) is 7.55. The van der Waals surface area contributed by atoms with Crippen LogP contribution >= 0.6 is 0 Å². The van der Waals surface area contributed by atoms with Crippen LogP contribution in [0.4, 0.5) is 4.79 Å². The number of ether oxygens (including phenoxy) is 2. The Balaban J connectivity index is 2.01. The summed E-state index contributed by atoms with van der Waals surface area (Å²) in [6.45, 7) is 7.59. The molecule has 2 aliphatic rings. The monoisotopic (exact) mass is 295 g/mol. The molecule has 1 saturated heterocycles. The number of ketones is 1. The average molecular weight is 295 g/mol. The van der Waals surface area contributed by atoms with Gasteiger partial charge < -0.3 is 14.8 Å². The van der Waals surface area contributed by atoms with Crippen LogP contribution in [0.3, 0.4) is 0 Å². The molecular formula is C16H25NO4. The van der Waals surface area contributed by atoms with Gasteiger partial charge in [0.2, 0.25) is 0 Å². The molecule has 21 heavy (non-hydrogen) atoms. The lowest BCUT2D eigenvalue weighted by Crippen LogP contribution is -2.47. The van der Waals surface area contributed by atoms with Gasteiger partial charge in [0.1, 0.15) is 11.2 Å². The molecule has 0 spiro atoms. The van der Waals surface area contributed by atoms with Gasteiger partial charge in [-0.25, -0.2) is 4.79 Å². The molecule has 0 saturated carbocycles. The molecule has 0 aromatic heterocycles. The van der Waals surface area contributed by atoms with E-state index in [0.29, 0.717) is 13.0 Å². The fourth-order valence-electron chi connectivity index (χ4n) is 2.46. The second kappa shape index (κ2) is 5.79. The molecule has 1 unspecified atom stereocenters. The van der Waals surface area contributed by atoms with E-state index in [1.165, 1.54) is 5.57 Å². The Morgan fingerprint density at radius 3 is 2.62 bits per heavy atom. The Bertz CT molecular complexity index is 457. The Morgan fingerprint density at radius 1 is 1.48 bits per heavy atom. The average Bonchev–Trinajstić information content (AvgIpc) is 2.88. The zero-order valence-corrected chi connectivity index (χ0v) is 13.3. The fraction of sp³-hybridized carbons (Fsp3) is 0.750. The summed E-state index contributed by atoms with van der Waals surface area (Å²) < 4.78 is 10.5. The summed E-state index contributed by atoms with van der Waals surface area (Å²) in [5.41, 5.74) is -0.0861. The van der Waals surface area contributed by atoms with Crippen molar-refractivity contribution in [3.8, 4) is 0 Å². The van der Waals surface area contributed by atoms with Crippen LogP contribution in [-0.4, -0.2) is 35.7 Å². The lowest BCUT2D eigenvalue weighted by atomic mass is 9.95. The maximum atomic E-state index is 12.5. The molecule has 1 fully saturated rings. The van der Waals surface area contributed by atoms with E-state index in [-0.39, 0.29) is 5.78 Å². The van der Waals surface area contributed by atoms with Crippen molar-refractivity contribution in [2.75, 3.05) is 6.61 Å². The molecule has 0 radical (unpaired) electrons. The number of hydrogen-bond donors (Lipinski definition) is 1. The Kier molecular flexibility index (Phi) is 4.42. The van der Waals surface area contributed by atoms with Crippen molar-refractivity contribution in [2.45, 2.75) is 70.6 Å². The highest BCUT2D eigenvalue weighted by atomic mass is 16.6. The Hall–Kier alpha value is -1.36. The normalized spacial score (nSPS) is 26.0. The van der Waals surface area contributed by atoms with Crippen LogP contribution in [0.15, 0.2) is 11.6 Å². The quantitative estimate of drug-likeness (QED) is 0.625. The third kappa shape index (κ3) is 4.56. The number of Topliss-reactive ketones (excluding diaryl/α,β-unsaturated/α-hetero) is 1. The number of epoxide rings is 1. The van der Waals surface area contributed by atoms with Crippen LogP contribution in [0.25, 0.3) is 0 Å². The molecule has 5 heteroatoms. The van der Waals surface area contributed by atoms with Gasteiger partial charge in [-0.3, -0.25) is 4.79 Å². The molecule has 0 aromatic rings. The van der Waals surface area contributed by atoms with Crippen LogP contribution < -0.4 is 5.32 Å². The van der Waals surface area contributed by atoms with E-state index in [9.17, 15) is 9.59 Å². The highest BCUT2D eigenvalue weighted by Gasteiger charge is 2.50. The number of rotatable bonds is 5. The number of carbonyl (C=O) groups is 2. The van der Waals surface area contributed by atoms with E-state index in [1.54, 1.807) is 27.7 Å². The molecule has 0 aromatic carbocycles. The first kappa shape index (κ1) is 16.0. The third-order valence-electron chi connectivity index (χ3n) is 3.71. The third-order valence-corrected chi connectivity index (χ3v) is 3.71. The van der Waals surface area contributed by atoms with Crippen molar-refractivity contribution in [2.24, 2.45) is 0 Å². The van der Waals surface area contributed by atoms with Crippen LogP contribution in [0.5, 0.6) is 0 Å². The first-order valence-electron chi connectivity index (χ1n) is 7.55. The standard InChI is InChI=1S/C16H25NO4/c1-15(2,3)21-14(19)17-12(9-11-7-5-6-8-11)13(18)16(4)10-20-16/h7,12H,5-6,8-10H2,1-4H3,(H,17,19)/t12?,16-/m1/s1. The molecular weight excluding hydrogens is 270 g/mol. The number of carbonyl (C=O) groups excluding carboxylic acids is 2. The summed E-state index contributed by atoms with van der Waals surface area (Å²) in [6, 6.07) is -0.573. The second-order valence-electron chi connectivity index (χ2n) is 7.04. The lowest BCUT2D eigenvalue weighted by molar-refractivity contribution is -0.125. The smallest absolute Gasteiger partial charge is 0.408 e. The maximum Gasteiger partial charge on any atom is 0.408 e. The summed E-state index contributed by atoms with van der Waals surface area (Å²) in [6.07, 6.45) is 5.33. The summed E-state index contributed by atoms with van der Waals surface area (Å²) >= 11 is 0. The molecule has 1 amide bonds. The summed E-state index contributed by atoms with van der Waals surface area (Å²) in [5.74, 6) is -0.0684. The first-order chi connectivity index (χ1) is 9.70. The van der Waals surface area contributed by atoms with E-state index >= 15 is 0 Å². The van der Waals surface area contributed by atoms with Crippen LogP contribution in [0.1, 0.15) is 53.4 Å². The summed E-state index contributed by atoms with van der Waals surface area (Å²) in [5, 5.41) is 2.72. The number of hydrogen-bond acceptors (Lipinski definition) is 4. The number of amides is 1. The van der Waals surface area contributed by atoms with Crippen LogP contribution in [-0.2, 0) is 14.3 Å². The van der Waals surface area contributed by atoms with Crippen LogP contribution in [0, 0.1) is 0 Å². The maximum absolute atomic E-state index is 12.5. The van der Waals surface area contributed by atoms with Crippen molar-refractivity contribution in [1.29, 1.82) is 0 Å². The summed E-state index contributed by atoms with van der Waals surface area (Å²) in [4.78, 5) is 24.4. The number of alkyl carbamates (subject to hydrolysis) is 1. The minimum Gasteiger partial charge on any atom is -0.444 e. The predicted octanol–water partition coefficient (Wildman–Crippen LogP) is 2.74. The zero-order chi connectivity index (χ0) is 15.7. The van der Waals surface area contributed by atoms with E-state index in [4.69, 9.17) is 9.47 Å². The molecule has 1 aliphatic heterocycles. The van der Waals surface area contributed by atoms with Gasteiger partial charge in [-0.1, -0.05) is 11.6 Å². The van der Waals surface area contributed by atoms with Crippen molar-refractivity contribution in [3.63, 3.8) is 0 Å². The molecule has 1 N–H and O–H groups in total. The topological polar surface area (TPSA) is 67.9 Å². The fourth-order valence-corrected chi connectivity index (χ4v) is 2.46. The molecule has 0 bridgehead atoms. The second-order valence-corrected chi connectivity index (χ2v) is 7.04. The van der Waals surface area contributed by atoms with Gasteiger partial charge in [-0.15, -0.1) is 0 Å². The molecule has 5 nitrogen and oxygen atoms in total. The minimum atomic E-state index is -0.737. The Morgan fingerprint density at radius 2 is 2.14 bits per heavy atom. The van der Waals surface area contributed by atoms with Gasteiger partial charge in [0.25, 0.3) is 0 Å². The van der Waals surface area contributed by atoms with Crippen LogP contribution in [0.2, 0.25) is 0 Å². The largest absolute Gasteiger partial charge is 0.444 e. The zero-order valence-electron chi connectivity index (χ0n) is 13.3. The van der Waals surface area contributed by atoms with E-state index in [0.717, 1.165) is 19.3 Å². The van der Waals surface area contributed by atoms with Gasteiger partial charge in [0.05, 0.1) is 12.6 Å². The van der Waals surface area contributed by atoms with E-state index in [2.05, 4.69) is 11.4 Å². The number of allylic oxidation sites excluding steroid dienone is 1. The molecule has 2 atom stereocenters. The Labute approximate surface area is 126 Å². The van der Waals surface area contributed by atoms with E-state index in [1.807, 2.05) is 0 Å². The van der Waals surface area contributed by atoms with Crippen molar-refractivity contribution < 1.29 is 19.1 Å². The van der Waals surface area contributed by atoms with Gasteiger partial charge in [-0.2, -0.15) is 0 Å². The predicted molar refractivity (Wildman–Crippen MR) is 79.1 cm³/mol. The lowest BCUT2D eigenvalue weighted by Gasteiger charge is -2.24. The van der Waals surface area contributed by atoms with Crippen molar-refractivity contribution in [3.05, 3.63) is 11.6 Å². The molecule has 1 aliphatic carbocycles. The minimum absolute atomic E-state index is 0.0684. The van der Waals surface area contributed by atoms with Gasteiger partial charge in [-0.05, 0) is 53.4 Å². The highest BCUT2D eigenvalue weighted by Crippen LogP contribution is 2.31. The van der Waals surface area contributed by atoms with Crippen molar-refractivity contribution >= 4 is 11.9 Å². The van der Waals surface area contributed by atoms with E-state index < -0.39 is 23.3 Å². The molecule has 2 rings (SSSR count). The molecule has 118 valence electrons. The number of nitrogens with one attached hydrogen (secondary N) is 1.